The van der Waals surface area contributed by atoms with Gasteiger partial charge < -0.3 is 38.5 Å². The van der Waals surface area contributed by atoms with Crippen LogP contribution >= 0.6 is 15.6 Å². The number of hydrogen-bond acceptors (Lipinski definition) is 8. The molecular formula is FeMnNaO8P2. The minimum absolute atomic E-state index is 0. The summed E-state index contributed by atoms with van der Waals surface area (Å²) in [6.07, 6.45) is 0. The van der Waals surface area contributed by atoms with Crippen molar-refractivity contribution < 1.29 is 102 Å². The van der Waals surface area contributed by atoms with Gasteiger partial charge in [-0.2, -0.15) is 15.6 Å². The molecule has 0 saturated heterocycles. The number of hydrogen-bond donors (Lipinski definition) is 0. The van der Waals surface area contributed by atoms with E-state index in [1.54, 1.807) is 0 Å². The Hall–Kier alpha value is 2.26. The third kappa shape index (κ3) is 420. The van der Waals surface area contributed by atoms with Gasteiger partial charge in [0.05, 0.1) is 0 Å². The Morgan fingerprint density at radius 3 is 0.692 bits per heavy atom. The van der Waals surface area contributed by atoms with E-state index in [2.05, 4.69) is 0 Å². The Morgan fingerprint density at radius 1 is 0.692 bits per heavy atom. The maximum absolute atomic E-state index is 8.55. The van der Waals surface area contributed by atoms with E-state index in [1.165, 1.54) is 0 Å². The molecule has 0 bridgehead atoms. The van der Waals surface area contributed by atoms with Gasteiger partial charge in [0.2, 0.25) is 0 Å². The van der Waals surface area contributed by atoms with Crippen molar-refractivity contribution in [3.05, 3.63) is 0 Å². The van der Waals surface area contributed by atoms with Crippen LogP contribution in [0.5, 0.6) is 0 Å². The van der Waals surface area contributed by atoms with E-state index in [9.17, 15) is 0 Å². The second kappa shape index (κ2) is 12.3. The Morgan fingerprint density at radius 2 is 0.692 bits per heavy atom. The van der Waals surface area contributed by atoms with Crippen molar-refractivity contribution >= 4 is 15.6 Å². The van der Waals surface area contributed by atoms with Crippen LogP contribution in [0, 0.1) is 0 Å². The zero-order valence-corrected chi connectivity index (χ0v) is 12.0. The van der Waals surface area contributed by atoms with Crippen LogP contribution < -0.4 is 58.9 Å². The van der Waals surface area contributed by atoms with Gasteiger partial charge in [-0.25, -0.2) is 0 Å². The van der Waals surface area contributed by atoms with Crippen molar-refractivity contribution in [2.24, 2.45) is 0 Å². The average molecular weight is 324 g/mol. The fourth-order valence-corrected chi connectivity index (χ4v) is 0. The van der Waals surface area contributed by atoms with Crippen molar-refractivity contribution in [1.82, 2.24) is 0 Å². The molecule has 2 radical (unpaired) electrons. The summed E-state index contributed by atoms with van der Waals surface area (Å²) in [4.78, 5) is 51.3. The van der Waals surface area contributed by atoms with Gasteiger partial charge in [0, 0.05) is 0 Å². The molecule has 8 nitrogen and oxygen atoms in total. The molecular weight excluding hydrogens is 324 g/mol. The molecule has 0 heterocycles. The van der Waals surface area contributed by atoms with Gasteiger partial charge >= 0.3 is 63.7 Å². The third-order valence-electron chi connectivity index (χ3n) is 0. The SMILES string of the molecule is O=P([O-])([O-])[O-].O=P([O-])([O-])[O-].[Fe+3].[Mn+2].[Na+]. The van der Waals surface area contributed by atoms with Crippen molar-refractivity contribution in [2.45, 2.75) is 0 Å². The topological polar surface area (TPSA) is 172 Å². The van der Waals surface area contributed by atoms with Crippen LogP contribution in [0.1, 0.15) is 0 Å². The quantitative estimate of drug-likeness (QED) is 0.312. The van der Waals surface area contributed by atoms with Gasteiger partial charge in [-0.3, -0.25) is 0 Å². The maximum Gasteiger partial charge on any atom is 3.00 e. The molecule has 13 heavy (non-hydrogen) atoms. The minimum Gasteiger partial charge on any atom is -0.822 e. The largest absolute Gasteiger partial charge is 3.00 e. The first-order valence-electron chi connectivity index (χ1n) is 1.46. The summed E-state index contributed by atoms with van der Waals surface area (Å²) in [5.74, 6) is 0. The average Bonchev–Trinajstić information content (AvgIpc) is 1.12. The van der Waals surface area contributed by atoms with Gasteiger partial charge in [-0.05, 0) is 0 Å². The van der Waals surface area contributed by atoms with Crippen molar-refractivity contribution in [1.29, 1.82) is 0 Å². The predicted octanol–water partition coefficient (Wildman–Crippen LogP) is -8.65. The van der Waals surface area contributed by atoms with Crippen LogP contribution in [0.4, 0.5) is 0 Å². The van der Waals surface area contributed by atoms with E-state index in [-0.39, 0.29) is 63.7 Å². The van der Waals surface area contributed by atoms with Crippen LogP contribution in [-0.2, 0) is 43.3 Å². The van der Waals surface area contributed by atoms with Crippen molar-refractivity contribution in [3.63, 3.8) is 0 Å². The van der Waals surface area contributed by atoms with Gasteiger partial charge in [0.15, 0.2) is 0 Å². The van der Waals surface area contributed by atoms with Crippen LogP contribution in [0.3, 0.4) is 0 Å². The molecule has 0 N–H and O–H groups in total. The molecule has 0 aliphatic carbocycles. The monoisotopic (exact) mass is 324 g/mol. The van der Waals surface area contributed by atoms with E-state index in [4.69, 9.17) is 38.5 Å². The summed E-state index contributed by atoms with van der Waals surface area (Å²) < 4.78 is 17.1. The second-order valence-electron chi connectivity index (χ2n) is 0.894. The fraction of sp³-hybridized carbons (Fsp3) is 0. The second-order valence-corrected chi connectivity index (χ2v) is 2.68. The molecule has 0 aliphatic heterocycles. The van der Waals surface area contributed by atoms with E-state index in [0.29, 0.717) is 0 Å². The number of phosphoric acid groups is 2. The normalized spacial score (nSPS) is 9.08. The first-order chi connectivity index (χ1) is 4.00. The summed E-state index contributed by atoms with van der Waals surface area (Å²) in [7, 11) is -10.8. The summed E-state index contributed by atoms with van der Waals surface area (Å²) in [5.41, 5.74) is 0. The molecule has 0 aromatic rings. The zero-order valence-electron chi connectivity index (χ0n) is 5.89. The molecule has 0 aromatic heterocycles. The fourth-order valence-electron chi connectivity index (χ4n) is 0. The summed E-state index contributed by atoms with van der Waals surface area (Å²) in [6, 6.07) is 0. The van der Waals surface area contributed by atoms with E-state index >= 15 is 0 Å². The predicted molar refractivity (Wildman–Crippen MR) is 15.2 cm³/mol. The van der Waals surface area contributed by atoms with Crippen molar-refractivity contribution in [3.8, 4) is 0 Å². The number of rotatable bonds is 0. The molecule has 0 unspecified atom stereocenters. The summed E-state index contributed by atoms with van der Waals surface area (Å²) in [6.45, 7) is 0. The van der Waals surface area contributed by atoms with Crippen LogP contribution in [0.2, 0.25) is 0 Å². The Bertz CT molecular complexity index is 134. The molecule has 0 spiro atoms. The van der Waals surface area contributed by atoms with E-state index < -0.39 is 15.6 Å². The Labute approximate surface area is 117 Å². The molecule has 0 amide bonds. The minimum atomic E-state index is -5.39. The van der Waals surface area contributed by atoms with Crippen molar-refractivity contribution in [2.75, 3.05) is 0 Å². The van der Waals surface area contributed by atoms with Crippen LogP contribution in [0.25, 0.3) is 0 Å². The molecule has 0 saturated carbocycles. The molecule has 13 heteroatoms. The third-order valence-corrected chi connectivity index (χ3v) is 0. The zero-order chi connectivity index (χ0) is 9.00. The van der Waals surface area contributed by atoms with Crippen LogP contribution in [-0.4, -0.2) is 0 Å². The molecule has 0 aromatic carbocycles. The van der Waals surface area contributed by atoms with Gasteiger partial charge in [-0.15, -0.1) is 0 Å². The first-order valence-corrected chi connectivity index (χ1v) is 4.38. The summed E-state index contributed by atoms with van der Waals surface area (Å²) in [5, 5.41) is 0. The van der Waals surface area contributed by atoms with Gasteiger partial charge in [-0.1, -0.05) is 0 Å². The molecule has 0 aliphatic rings. The van der Waals surface area contributed by atoms with Gasteiger partial charge in [0.25, 0.3) is 0 Å². The molecule has 0 rings (SSSR count). The van der Waals surface area contributed by atoms with E-state index in [1.807, 2.05) is 0 Å². The van der Waals surface area contributed by atoms with Gasteiger partial charge in [0.1, 0.15) is 0 Å². The molecule has 0 fully saturated rings. The molecule has 74 valence electrons. The van der Waals surface area contributed by atoms with E-state index in [0.717, 1.165) is 0 Å². The van der Waals surface area contributed by atoms with Crippen LogP contribution in [0.15, 0.2) is 0 Å². The summed E-state index contributed by atoms with van der Waals surface area (Å²) >= 11 is 0. The maximum atomic E-state index is 8.55. The Kier molecular flexibility index (Phi) is 28.0. The molecule has 0 atom stereocenters. The Balaban J connectivity index is -0.0000000267. The first kappa shape index (κ1) is 29.5. The smallest absolute Gasteiger partial charge is 0.822 e. The standard InChI is InChI=1S/Fe.Mn.Na.2H3O4P/c;;;2*1-5(2,3)4/h;;;2*(H3,1,2,3,4)/q+3;+2;+1;;/p-6.